The van der Waals surface area contributed by atoms with E-state index in [0.717, 1.165) is 12.8 Å². The number of carbonyl (C=O) groups excluding carboxylic acids is 1. The van der Waals surface area contributed by atoms with Gasteiger partial charge in [-0.2, -0.15) is 0 Å². The molecule has 32 heavy (non-hydrogen) atoms. The molecule has 3 aromatic rings. The lowest BCUT2D eigenvalue weighted by molar-refractivity contribution is 0.0950. The number of unbranched alkanes of at least 4 members (excludes halogenated alkanes) is 5. The highest BCUT2D eigenvalue weighted by Gasteiger charge is 2.17. The van der Waals surface area contributed by atoms with Crippen LogP contribution in [0, 0.1) is 5.41 Å². The molecule has 0 spiro atoms. The molecule has 1 amide bonds. The van der Waals surface area contributed by atoms with Crippen LogP contribution in [0.5, 0.6) is 0 Å². The van der Waals surface area contributed by atoms with Gasteiger partial charge in [0.2, 0.25) is 0 Å². The summed E-state index contributed by atoms with van der Waals surface area (Å²) in [6.07, 6.45) is 9.11. The fourth-order valence-electron chi connectivity index (χ4n) is 3.85. The van der Waals surface area contributed by atoms with Gasteiger partial charge in [-0.3, -0.25) is 19.4 Å². The van der Waals surface area contributed by atoms with Crippen molar-refractivity contribution in [2.45, 2.75) is 58.4 Å². The summed E-state index contributed by atoms with van der Waals surface area (Å²) in [7, 11) is 1.62. The quantitative estimate of drug-likeness (QED) is 0.334. The Bertz CT molecular complexity index is 1180. The molecule has 3 rings (SSSR count). The average Bonchev–Trinajstić information content (AvgIpc) is 2.80. The van der Waals surface area contributed by atoms with Gasteiger partial charge in [-0.1, -0.05) is 45.1 Å². The number of rotatable bonds is 12. The van der Waals surface area contributed by atoms with Gasteiger partial charge in [-0.05, 0) is 31.0 Å². The Morgan fingerprint density at radius 1 is 1.16 bits per heavy atom. The Labute approximate surface area is 187 Å². The molecule has 3 heterocycles. The van der Waals surface area contributed by atoms with Crippen LogP contribution in [0.4, 0.5) is 0 Å². The molecule has 0 atom stereocenters. The van der Waals surface area contributed by atoms with E-state index >= 15 is 0 Å². The Hall–Kier alpha value is -3.00. The normalized spacial score (nSPS) is 11.3. The van der Waals surface area contributed by atoms with Gasteiger partial charge < -0.3 is 14.6 Å². The van der Waals surface area contributed by atoms with E-state index in [4.69, 9.17) is 10.1 Å². The Morgan fingerprint density at radius 2 is 1.94 bits per heavy atom. The number of hydrogen-bond donors (Lipinski definition) is 2. The third kappa shape index (κ3) is 5.43. The highest BCUT2D eigenvalue weighted by Crippen LogP contribution is 2.11. The van der Waals surface area contributed by atoms with Crippen molar-refractivity contribution in [3.05, 3.63) is 51.9 Å². The van der Waals surface area contributed by atoms with Gasteiger partial charge in [-0.25, -0.2) is 4.98 Å². The molecule has 0 aliphatic carbocycles. The number of methoxy groups -OCH3 is 1. The number of nitrogens with one attached hydrogen (secondary N) is 2. The van der Waals surface area contributed by atoms with E-state index in [1.165, 1.54) is 36.2 Å². The molecule has 0 saturated carbocycles. The second kappa shape index (κ2) is 11.6. The van der Waals surface area contributed by atoms with Gasteiger partial charge in [0.15, 0.2) is 0 Å². The van der Waals surface area contributed by atoms with Gasteiger partial charge in [-0.15, -0.1) is 0 Å². The maximum Gasteiger partial charge on any atom is 0.267 e. The average molecular weight is 440 g/mol. The largest absolute Gasteiger partial charge is 0.385 e. The fourth-order valence-corrected chi connectivity index (χ4v) is 3.85. The van der Waals surface area contributed by atoms with Gasteiger partial charge in [0, 0.05) is 33.0 Å². The summed E-state index contributed by atoms with van der Waals surface area (Å²) < 4.78 is 8.25. The van der Waals surface area contributed by atoms with Crippen LogP contribution in [0.3, 0.4) is 0 Å². The van der Waals surface area contributed by atoms with Crippen molar-refractivity contribution in [1.29, 1.82) is 5.41 Å². The maximum absolute atomic E-state index is 13.1. The molecule has 0 fully saturated rings. The van der Waals surface area contributed by atoms with E-state index in [2.05, 4.69) is 17.2 Å². The van der Waals surface area contributed by atoms with Crippen molar-refractivity contribution in [2.75, 3.05) is 20.3 Å². The van der Waals surface area contributed by atoms with Crippen molar-refractivity contribution < 1.29 is 9.53 Å². The van der Waals surface area contributed by atoms with Gasteiger partial charge in [0.25, 0.3) is 11.5 Å². The summed E-state index contributed by atoms with van der Waals surface area (Å²) in [6.45, 7) is 3.68. The number of aromatic nitrogens is 3. The molecule has 2 N–H and O–H groups in total. The highest BCUT2D eigenvalue weighted by atomic mass is 16.5. The highest BCUT2D eigenvalue weighted by molar-refractivity contribution is 5.96. The summed E-state index contributed by atoms with van der Waals surface area (Å²) in [5, 5.41) is 11.9. The first-order chi connectivity index (χ1) is 15.6. The summed E-state index contributed by atoms with van der Waals surface area (Å²) in [4.78, 5) is 30.7. The van der Waals surface area contributed by atoms with Crippen molar-refractivity contribution in [3.8, 4) is 0 Å². The zero-order valence-corrected chi connectivity index (χ0v) is 19.0. The van der Waals surface area contributed by atoms with Gasteiger partial charge in [0.05, 0.1) is 10.9 Å². The molecule has 0 radical (unpaired) electrons. The van der Waals surface area contributed by atoms with Crippen LogP contribution < -0.4 is 16.4 Å². The lowest BCUT2D eigenvalue weighted by Crippen LogP contribution is -2.35. The Morgan fingerprint density at radius 3 is 2.72 bits per heavy atom. The number of aryl methyl sites for hydroxylation is 1. The molecular formula is C24H33N5O3. The van der Waals surface area contributed by atoms with Crippen LogP contribution in [-0.2, 0) is 11.3 Å². The molecule has 0 aliphatic rings. The predicted octanol–water partition coefficient (Wildman–Crippen LogP) is 3.26. The van der Waals surface area contributed by atoms with E-state index in [9.17, 15) is 9.59 Å². The third-order valence-corrected chi connectivity index (χ3v) is 5.61. The number of fused-ring (bicyclic) bond motifs is 2. The van der Waals surface area contributed by atoms with Crippen molar-refractivity contribution in [3.63, 3.8) is 0 Å². The second-order valence-corrected chi connectivity index (χ2v) is 8.01. The van der Waals surface area contributed by atoms with E-state index < -0.39 is 0 Å². The third-order valence-electron chi connectivity index (χ3n) is 5.61. The molecule has 0 bridgehead atoms. The summed E-state index contributed by atoms with van der Waals surface area (Å²) in [5.74, 6) is -0.330. The molecule has 172 valence electrons. The molecule has 0 aliphatic heterocycles. The molecule has 0 unspecified atom stereocenters. The Balaban J connectivity index is 1.92. The summed E-state index contributed by atoms with van der Waals surface area (Å²) in [6, 6.07) is 6.84. The zero-order chi connectivity index (χ0) is 22.9. The van der Waals surface area contributed by atoms with Gasteiger partial charge in [0.1, 0.15) is 16.8 Å². The molecular weight excluding hydrogens is 406 g/mol. The number of carbonyl (C=O) groups is 1. The minimum Gasteiger partial charge on any atom is -0.385 e. The maximum atomic E-state index is 13.1. The van der Waals surface area contributed by atoms with Crippen LogP contribution in [0.25, 0.3) is 16.7 Å². The molecule has 0 saturated heterocycles. The minimum absolute atomic E-state index is 0.0567. The van der Waals surface area contributed by atoms with Crippen LogP contribution in [-0.4, -0.2) is 40.1 Å². The van der Waals surface area contributed by atoms with Crippen LogP contribution >= 0.6 is 0 Å². The molecule has 8 nitrogen and oxygen atoms in total. The first-order valence-corrected chi connectivity index (χ1v) is 11.4. The van der Waals surface area contributed by atoms with Crippen LogP contribution in [0.2, 0.25) is 0 Å². The summed E-state index contributed by atoms with van der Waals surface area (Å²) in [5.41, 5.74) is 0.910. The van der Waals surface area contributed by atoms with Crippen LogP contribution in [0.1, 0.15) is 62.2 Å². The zero-order valence-electron chi connectivity index (χ0n) is 19.0. The van der Waals surface area contributed by atoms with E-state index in [0.29, 0.717) is 42.8 Å². The SMILES string of the molecule is CCCCCCCCNC(=O)c1cc2c(=O)n3ccccc3nc2n(CCCOC)c1=N. The van der Waals surface area contributed by atoms with Crippen molar-refractivity contribution in [2.24, 2.45) is 0 Å². The van der Waals surface area contributed by atoms with Crippen molar-refractivity contribution in [1.82, 2.24) is 19.3 Å². The number of pyridine rings is 2. The first kappa shape index (κ1) is 23.7. The first-order valence-electron chi connectivity index (χ1n) is 11.4. The van der Waals surface area contributed by atoms with E-state index in [1.54, 1.807) is 30.0 Å². The van der Waals surface area contributed by atoms with Gasteiger partial charge >= 0.3 is 0 Å². The lowest BCUT2D eigenvalue weighted by Gasteiger charge is -2.14. The number of ether oxygens (including phenoxy) is 1. The second-order valence-electron chi connectivity index (χ2n) is 8.01. The molecule has 3 aromatic heterocycles. The monoisotopic (exact) mass is 439 g/mol. The smallest absolute Gasteiger partial charge is 0.267 e. The minimum atomic E-state index is -0.330. The number of nitrogens with zero attached hydrogens (tertiary/aromatic N) is 3. The molecule has 0 aromatic carbocycles. The fraction of sp³-hybridized carbons (Fsp3) is 0.500. The number of hydrogen-bond acceptors (Lipinski definition) is 5. The van der Waals surface area contributed by atoms with Crippen LogP contribution in [0.15, 0.2) is 35.3 Å². The van der Waals surface area contributed by atoms with Crippen molar-refractivity contribution >= 4 is 22.6 Å². The predicted molar refractivity (Wildman–Crippen MR) is 125 cm³/mol. The Kier molecular flexibility index (Phi) is 8.56. The van der Waals surface area contributed by atoms with E-state index in [1.807, 2.05) is 6.07 Å². The topological polar surface area (TPSA) is 101 Å². The lowest BCUT2D eigenvalue weighted by atomic mass is 10.1. The van der Waals surface area contributed by atoms with E-state index in [-0.39, 0.29) is 22.5 Å². The molecule has 8 heteroatoms. The summed E-state index contributed by atoms with van der Waals surface area (Å²) >= 11 is 0. The standard InChI is InChI=1S/C24H33N5O3/c1-3-4-5-6-7-9-13-26-23(30)18-17-19-22(29(21(18)25)15-11-16-32-2)27-20-12-8-10-14-28(20)24(19)31/h8,10,12,14,17,25H,3-7,9,11,13,15-16H2,1-2H3,(H,26,30). The number of amides is 1.